The summed E-state index contributed by atoms with van der Waals surface area (Å²) in [6.45, 7) is 3.95. The van der Waals surface area contributed by atoms with Gasteiger partial charge in [-0.2, -0.15) is 0 Å². The van der Waals surface area contributed by atoms with Gasteiger partial charge in [0, 0.05) is 50.3 Å². The van der Waals surface area contributed by atoms with Crippen LogP contribution < -0.4 is 15.5 Å². The Hall–Kier alpha value is -2.67. The second-order valence-corrected chi connectivity index (χ2v) is 5.48. The van der Waals surface area contributed by atoms with Crippen LogP contribution in [0.4, 0.5) is 10.6 Å². The number of nitrogens with one attached hydrogen (secondary N) is 2. The van der Waals surface area contributed by atoms with E-state index in [1.165, 1.54) is 0 Å². The fourth-order valence-corrected chi connectivity index (χ4v) is 2.55. The summed E-state index contributed by atoms with van der Waals surface area (Å²) in [5.41, 5.74) is 2.01. The summed E-state index contributed by atoms with van der Waals surface area (Å²) in [7, 11) is 0. The number of ether oxygens (including phenoxy) is 1. The summed E-state index contributed by atoms with van der Waals surface area (Å²) < 4.78 is 5.38. The van der Waals surface area contributed by atoms with Gasteiger partial charge in [-0.3, -0.25) is 4.98 Å². The molecule has 0 unspecified atom stereocenters. The first-order chi connectivity index (χ1) is 11.8. The maximum absolute atomic E-state index is 12.0. The van der Waals surface area contributed by atoms with Gasteiger partial charge in [-0.15, -0.1) is 0 Å². The molecule has 2 N–H and O–H groups in total. The molecule has 126 valence electrons. The minimum atomic E-state index is -0.205. The van der Waals surface area contributed by atoms with E-state index in [4.69, 9.17) is 4.74 Å². The van der Waals surface area contributed by atoms with Crippen molar-refractivity contribution in [2.75, 3.05) is 31.2 Å². The van der Waals surface area contributed by atoms with E-state index in [0.29, 0.717) is 26.3 Å². The molecule has 3 heterocycles. The lowest BCUT2D eigenvalue weighted by Gasteiger charge is -2.29. The van der Waals surface area contributed by atoms with E-state index in [0.717, 1.165) is 30.0 Å². The van der Waals surface area contributed by atoms with Gasteiger partial charge in [0.25, 0.3) is 0 Å². The van der Waals surface area contributed by atoms with Crippen molar-refractivity contribution in [3.05, 3.63) is 54.0 Å². The Balaban J connectivity index is 1.53. The number of urea groups is 1. The molecule has 0 spiro atoms. The highest BCUT2D eigenvalue weighted by Crippen LogP contribution is 2.18. The Morgan fingerprint density at radius 3 is 2.62 bits per heavy atom. The highest BCUT2D eigenvalue weighted by molar-refractivity contribution is 5.74. The molecule has 0 radical (unpaired) electrons. The van der Waals surface area contributed by atoms with Crippen LogP contribution in [0.5, 0.6) is 0 Å². The van der Waals surface area contributed by atoms with E-state index in [9.17, 15) is 4.79 Å². The third-order valence-corrected chi connectivity index (χ3v) is 3.82. The summed E-state index contributed by atoms with van der Waals surface area (Å²) in [4.78, 5) is 22.6. The maximum atomic E-state index is 12.0. The highest BCUT2D eigenvalue weighted by Gasteiger charge is 2.16. The van der Waals surface area contributed by atoms with Crippen molar-refractivity contribution in [2.45, 2.75) is 13.1 Å². The molecule has 0 atom stereocenters. The normalized spacial score (nSPS) is 14.2. The molecule has 1 saturated heterocycles. The molecule has 2 aromatic rings. The van der Waals surface area contributed by atoms with Crippen molar-refractivity contribution < 1.29 is 9.53 Å². The van der Waals surface area contributed by atoms with Crippen LogP contribution in [-0.2, 0) is 17.8 Å². The van der Waals surface area contributed by atoms with Gasteiger partial charge in [-0.05, 0) is 23.8 Å². The monoisotopic (exact) mass is 327 g/mol. The Kier molecular flexibility index (Phi) is 5.57. The number of hydrogen-bond donors (Lipinski definition) is 2. The summed E-state index contributed by atoms with van der Waals surface area (Å²) in [5.74, 6) is 0.912. The number of anilines is 1. The van der Waals surface area contributed by atoms with Gasteiger partial charge >= 0.3 is 6.03 Å². The molecule has 1 aliphatic rings. The Bertz CT molecular complexity index is 659. The first-order valence-corrected chi connectivity index (χ1v) is 8.00. The molecule has 1 aliphatic heterocycles. The molecule has 0 saturated carbocycles. The average molecular weight is 327 g/mol. The lowest BCUT2D eigenvalue weighted by Crippen LogP contribution is -2.38. The number of rotatable bonds is 5. The second-order valence-electron chi connectivity index (χ2n) is 5.48. The van der Waals surface area contributed by atoms with Crippen LogP contribution in [0, 0.1) is 0 Å². The van der Waals surface area contributed by atoms with E-state index in [2.05, 4.69) is 25.5 Å². The molecule has 3 rings (SSSR count). The quantitative estimate of drug-likeness (QED) is 0.866. The van der Waals surface area contributed by atoms with Crippen LogP contribution >= 0.6 is 0 Å². The van der Waals surface area contributed by atoms with Crippen molar-refractivity contribution in [1.82, 2.24) is 20.6 Å². The first-order valence-electron chi connectivity index (χ1n) is 8.00. The smallest absolute Gasteiger partial charge is 0.315 e. The van der Waals surface area contributed by atoms with Crippen LogP contribution in [0.2, 0.25) is 0 Å². The number of nitrogens with zero attached hydrogens (tertiary/aromatic N) is 3. The zero-order chi connectivity index (χ0) is 16.6. The summed E-state index contributed by atoms with van der Waals surface area (Å²) in [5, 5.41) is 5.72. The van der Waals surface area contributed by atoms with Crippen molar-refractivity contribution in [3.63, 3.8) is 0 Å². The van der Waals surface area contributed by atoms with Crippen LogP contribution in [0.25, 0.3) is 0 Å². The Morgan fingerprint density at radius 2 is 1.83 bits per heavy atom. The molecule has 2 aromatic heterocycles. The molecular formula is C17H21N5O2. The number of carbonyl (C=O) groups is 1. The fraction of sp³-hybridized carbons (Fsp3) is 0.353. The van der Waals surface area contributed by atoms with E-state index >= 15 is 0 Å². The van der Waals surface area contributed by atoms with Crippen LogP contribution in [0.3, 0.4) is 0 Å². The molecule has 7 nitrogen and oxygen atoms in total. The summed E-state index contributed by atoms with van der Waals surface area (Å²) >= 11 is 0. The molecule has 1 fully saturated rings. The van der Waals surface area contributed by atoms with E-state index in [-0.39, 0.29) is 6.03 Å². The minimum Gasteiger partial charge on any atom is -0.378 e. The zero-order valence-electron chi connectivity index (χ0n) is 13.4. The van der Waals surface area contributed by atoms with Crippen LogP contribution in [0.1, 0.15) is 11.1 Å². The zero-order valence-corrected chi connectivity index (χ0v) is 13.4. The van der Waals surface area contributed by atoms with Crippen LogP contribution in [0.15, 0.2) is 42.9 Å². The lowest BCUT2D eigenvalue weighted by atomic mass is 10.2. The van der Waals surface area contributed by atoms with Gasteiger partial charge in [0.15, 0.2) is 0 Å². The Labute approximate surface area is 141 Å². The topological polar surface area (TPSA) is 79.4 Å². The third kappa shape index (κ3) is 4.42. The predicted octanol–water partition coefficient (Wildman–Crippen LogP) is 1.31. The van der Waals surface area contributed by atoms with Gasteiger partial charge in [0.05, 0.1) is 13.2 Å². The van der Waals surface area contributed by atoms with Crippen molar-refractivity contribution in [3.8, 4) is 0 Å². The van der Waals surface area contributed by atoms with Crippen molar-refractivity contribution >= 4 is 11.8 Å². The molecule has 0 aliphatic carbocycles. The number of aromatic nitrogens is 2. The first kappa shape index (κ1) is 16.2. The van der Waals surface area contributed by atoms with E-state index < -0.39 is 0 Å². The SMILES string of the molecule is O=C(NCc1ccncc1)NCc1cccnc1N1CCOCC1. The molecule has 7 heteroatoms. The van der Waals surface area contributed by atoms with Gasteiger partial charge in [-0.25, -0.2) is 9.78 Å². The van der Waals surface area contributed by atoms with Crippen molar-refractivity contribution in [1.29, 1.82) is 0 Å². The maximum Gasteiger partial charge on any atom is 0.315 e. The molecule has 2 amide bonds. The number of hydrogen-bond acceptors (Lipinski definition) is 5. The number of carbonyl (C=O) groups excluding carboxylic acids is 1. The fourth-order valence-electron chi connectivity index (χ4n) is 2.55. The van der Waals surface area contributed by atoms with Gasteiger partial charge in [0.1, 0.15) is 5.82 Å². The third-order valence-electron chi connectivity index (χ3n) is 3.82. The molecule has 0 aromatic carbocycles. The van der Waals surface area contributed by atoms with Crippen LogP contribution in [-0.4, -0.2) is 42.3 Å². The number of amides is 2. The molecule has 0 bridgehead atoms. The van der Waals surface area contributed by atoms with Gasteiger partial charge in [0.2, 0.25) is 0 Å². The predicted molar refractivity (Wildman–Crippen MR) is 90.6 cm³/mol. The van der Waals surface area contributed by atoms with Gasteiger partial charge in [-0.1, -0.05) is 6.07 Å². The van der Waals surface area contributed by atoms with E-state index in [1.54, 1.807) is 18.6 Å². The minimum absolute atomic E-state index is 0.205. The largest absolute Gasteiger partial charge is 0.378 e. The number of pyridine rings is 2. The lowest BCUT2D eigenvalue weighted by molar-refractivity contribution is 0.122. The molecule has 24 heavy (non-hydrogen) atoms. The number of morpholine rings is 1. The highest BCUT2D eigenvalue weighted by atomic mass is 16.5. The summed E-state index contributed by atoms with van der Waals surface area (Å²) in [6, 6.07) is 7.41. The molecular weight excluding hydrogens is 306 g/mol. The average Bonchev–Trinajstić information content (AvgIpc) is 2.66. The second kappa shape index (κ2) is 8.26. The standard InChI is InChI=1S/C17H21N5O2/c23-17(20-12-14-3-6-18-7-4-14)21-13-15-2-1-5-19-16(15)22-8-10-24-11-9-22/h1-7H,8-13H2,(H2,20,21,23). The van der Waals surface area contributed by atoms with E-state index in [1.807, 2.05) is 24.3 Å². The van der Waals surface area contributed by atoms with Crippen molar-refractivity contribution in [2.24, 2.45) is 0 Å². The Morgan fingerprint density at radius 1 is 1.08 bits per heavy atom. The van der Waals surface area contributed by atoms with Gasteiger partial charge < -0.3 is 20.3 Å². The summed E-state index contributed by atoms with van der Waals surface area (Å²) in [6.07, 6.45) is 5.19.